The van der Waals surface area contributed by atoms with Crippen LogP contribution in [0.25, 0.3) is 6.08 Å². The van der Waals surface area contributed by atoms with Gasteiger partial charge < -0.3 is 23.7 Å². The van der Waals surface area contributed by atoms with E-state index in [1.54, 1.807) is 63.8 Å². The van der Waals surface area contributed by atoms with Crippen molar-refractivity contribution < 1.29 is 28.5 Å². The molecular weight excluding hydrogens is 350 g/mol. The van der Waals surface area contributed by atoms with E-state index < -0.39 is 5.97 Å². The van der Waals surface area contributed by atoms with Gasteiger partial charge >= 0.3 is 5.97 Å². The lowest BCUT2D eigenvalue weighted by Crippen LogP contribution is -2.06. The topological polar surface area (TPSA) is 75.6 Å². The highest BCUT2D eigenvalue weighted by atomic mass is 16.6. The number of cyclic esters (lactones) is 1. The monoisotopic (exact) mass is 369 g/mol. The number of esters is 1. The molecule has 27 heavy (non-hydrogen) atoms. The molecule has 7 nitrogen and oxygen atoms in total. The fraction of sp³-hybridized carbons (Fsp3) is 0.200. The lowest BCUT2D eigenvalue weighted by Gasteiger charge is -2.08. The van der Waals surface area contributed by atoms with Gasteiger partial charge in [0.15, 0.2) is 28.7 Å². The minimum Gasteiger partial charge on any atom is -0.493 e. The summed E-state index contributed by atoms with van der Waals surface area (Å²) in [5.41, 5.74) is 1.53. The van der Waals surface area contributed by atoms with Crippen molar-refractivity contribution in [2.75, 3.05) is 28.4 Å². The standard InChI is InChI=1S/C20H19NO6/c1-23-15-7-5-12(10-17(15)25-3)9-14-20(22)27-19(21-14)13-6-8-16(24-2)18(11-13)26-4/h5-11H,1-4H3/b14-9-. The minimum absolute atomic E-state index is 0.187. The third-order valence-corrected chi connectivity index (χ3v) is 3.96. The van der Waals surface area contributed by atoms with E-state index in [9.17, 15) is 4.79 Å². The molecule has 140 valence electrons. The normalized spacial score (nSPS) is 14.6. The molecule has 0 aromatic heterocycles. The first-order valence-corrected chi connectivity index (χ1v) is 8.06. The number of ether oxygens (including phenoxy) is 5. The smallest absolute Gasteiger partial charge is 0.363 e. The first-order chi connectivity index (χ1) is 13.1. The summed E-state index contributed by atoms with van der Waals surface area (Å²) in [5.74, 6) is 1.92. The number of hydrogen-bond donors (Lipinski definition) is 0. The van der Waals surface area contributed by atoms with Crippen LogP contribution in [0, 0.1) is 0 Å². The molecule has 0 atom stereocenters. The van der Waals surface area contributed by atoms with Crippen molar-refractivity contribution in [1.29, 1.82) is 0 Å². The Balaban J connectivity index is 1.93. The summed E-state index contributed by atoms with van der Waals surface area (Å²) >= 11 is 0. The summed E-state index contributed by atoms with van der Waals surface area (Å²) < 4.78 is 26.3. The molecule has 1 aliphatic heterocycles. The molecule has 0 saturated carbocycles. The van der Waals surface area contributed by atoms with E-state index >= 15 is 0 Å². The van der Waals surface area contributed by atoms with Crippen molar-refractivity contribution in [3.63, 3.8) is 0 Å². The third kappa shape index (κ3) is 3.72. The van der Waals surface area contributed by atoms with Gasteiger partial charge in [-0.1, -0.05) is 6.07 Å². The van der Waals surface area contributed by atoms with Crippen LogP contribution in [-0.2, 0) is 9.53 Å². The lowest BCUT2D eigenvalue weighted by molar-refractivity contribution is -0.129. The maximum Gasteiger partial charge on any atom is 0.363 e. The van der Waals surface area contributed by atoms with Crippen LogP contribution >= 0.6 is 0 Å². The van der Waals surface area contributed by atoms with Crippen LogP contribution in [0.15, 0.2) is 47.1 Å². The number of methoxy groups -OCH3 is 4. The summed E-state index contributed by atoms with van der Waals surface area (Å²) in [6, 6.07) is 10.5. The molecule has 1 heterocycles. The van der Waals surface area contributed by atoms with Gasteiger partial charge in [-0.3, -0.25) is 0 Å². The number of carbonyl (C=O) groups is 1. The highest BCUT2D eigenvalue weighted by Crippen LogP contribution is 2.31. The molecule has 1 aliphatic rings. The quantitative estimate of drug-likeness (QED) is 0.575. The van der Waals surface area contributed by atoms with Gasteiger partial charge in [0.2, 0.25) is 5.90 Å². The number of carbonyl (C=O) groups excluding carboxylic acids is 1. The highest BCUT2D eigenvalue weighted by molar-refractivity contribution is 6.13. The molecule has 0 saturated heterocycles. The van der Waals surface area contributed by atoms with Crippen molar-refractivity contribution in [3.8, 4) is 23.0 Å². The van der Waals surface area contributed by atoms with E-state index in [2.05, 4.69) is 4.99 Å². The molecule has 0 bridgehead atoms. The predicted molar refractivity (Wildman–Crippen MR) is 99.7 cm³/mol. The van der Waals surface area contributed by atoms with Gasteiger partial charge in [0, 0.05) is 5.56 Å². The van der Waals surface area contributed by atoms with E-state index in [1.807, 2.05) is 0 Å². The molecule has 3 rings (SSSR count). The molecule has 0 radical (unpaired) electrons. The zero-order valence-electron chi connectivity index (χ0n) is 15.4. The Morgan fingerprint density at radius 3 is 2.04 bits per heavy atom. The number of benzene rings is 2. The Morgan fingerprint density at radius 2 is 1.41 bits per heavy atom. The summed E-state index contributed by atoms with van der Waals surface area (Å²) in [6.45, 7) is 0. The molecule has 2 aromatic carbocycles. The molecule has 0 unspecified atom stereocenters. The average Bonchev–Trinajstić information content (AvgIpc) is 3.07. The van der Waals surface area contributed by atoms with E-state index in [-0.39, 0.29) is 11.6 Å². The molecule has 0 fully saturated rings. The van der Waals surface area contributed by atoms with Crippen LogP contribution < -0.4 is 18.9 Å². The zero-order chi connectivity index (χ0) is 19.4. The minimum atomic E-state index is -0.533. The van der Waals surface area contributed by atoms with Gasteiger partial charge in [0.25, 0.3) is 0 Å². The van der Waals surface area contributed by atoms with Crippen LogP contribution in [0.3, 0.4) is 0 Å². The number of aliphatic imine (C=N–C) groups is 1. The fourth-order valence-corrected chi connectivity index (χ4v) is 2.60. The second kappa shape index (κ2) is 7.82. The van der Waals surface area contributed by atoms with Gasteiger partial charge in [-0.25, -0.2) is 9.79 Å². The second-order valence-corrected chi connectivity index (χ2v) is 5.52. The number of nitrogens with zero attached hydrogens (tertiary/aromatic N) is 1. The van der Waals surface area contributed by atoms with E-state index in [0.29, 0.717) is 28.6 Å². The third-order valence-electron chi connectivity index (χ3n) is 3.96. The van der Waals surface area contributed by atoms with E-state index in [1.165, 1.54) is 7.11 Å². The van der Waals surface area contributed by atoms with Gasteiger partial charge in [-0.15, -0.1) is 0 Å². The van der Waals surface area contributed by atoms with Crippen molar-refractivity contribution in [2.24, 2.45) is 4.99 Å². The maximum atomic E-state index is 12.2. The van der Waals surface area contributed by atoms with Crippen molar-refractivity contribution in [3.05, 3.63) is 53.2 Å². The van der Waals surface area contributed by atoms with Crippen molar-refractivity contribution >= 4 is 17.9 Å². The number of rotatable bonds is 6. The zero-order valence-corrected chi connectivity index (χ0v) is 15.4. The molecule has 0 aliphatic carbocycles. The Hall–Kier alpha value is -3.48. The van der Waals surface area contributed by atoms with Crippen LogP contribution in [-0.4, -0.2) is 40.3 Å². The summed E-state index contributed by atoms with van der Waals surface area (Å²) in [7, 11) is 6.19. The fourth-order valence-electron chi connectivity index (χ4n) is 2.60. The SMILES string of the molecule is COc1ccc(/C=C2\N=C(c3ccc(OC)c(OC)c3)OC2=O)cc1OC. The van der Waals surface area contributed by atoms with Crippen LogP contribution in [0.5, 0.6) is 23.0 Å². The highest BCUT2D eigenvalue weighted by Gasteiger charge is 2.25. The van der Waals surface area contributed by atoms with Gasteiger partial charge in [0.1, 0.15) is 0 Å². The molecule has 0 N–H and O–H groups in total. The lowest BCUT2D eigenvalue weighted by atomic mass is 10.1. The second-order valence-electron chi connectivity index (χ2n) is 5.52. The Morgan fingerprint density at radius 1 is 0.815 bits per heavy atom. The van der Waals surface area contributed by atoms with Crippen LogP contribution in [0.2, 0.25) is 0 Å². The van der Waals surface area contributed by atoms with Gasteiger partial charge in [-0.2, -0.15) is 0 Å². The molecule has 7 heteroatoms. The van der Waals surface area contributed by atoms with Crippen molar-refractivity contribution in [1.82, 2.24) is 0 Å². The Kier molecular flexibility index (Phi) is 5.30. The summed E-state index contributed by atoms with van der Waals surface area (Å²) in [6.07, 6.45) is 1.62. The van der Waals surface area contributed by atoms with E-state index in [0.717, 1.165) is 5.56 Å². The van der Waals surface area contributed by atoms with Gasteiger partial charge in [-0.05, 0) is 42.0 Å². The molecule has 2 aromatic rings. The van der Waals surface area contributed by atoms with Crippen LogP contribution in [0.1, 0.15) is 11.1 Å². The van der Waals surface area contributed by atoms with Crippen molar-refractivity contribution in [2.45, 2.75) is 0 Å². The van der Waals surface area contributed by atoms with E-state index in [4.69, 9.17) is 23.7 Å². The first-order valence-electron chi connectivity index (χ1n) is 8.06. The van der Waals surface area contributed by atoms with Crippen LogP contribution in [0.4, 0.5) is 0 Å². The largest absolute Gasteiger partial charge is 0.493 e. The molecular formula is C20H19NO6. The first kappa shape index (κ1) is 18.3. The average molecular weight is 369 g/mol. The Bertz CT molecular complexity index is 932. The maximum absolute atomic E-state index is 12.2. The predicted octanol–water partition coefficient (Wildman–Crippen LogP) is 3.07. The summed E-state index contributed by atoms with van der Waals surface area (Å²) in [4.78, 5) is 16.5. The molecule has 0 spiro atoms. The number of hydrogen-bond acceptors (Lipinski definition) is 7. The Labute approximate surface area is 156 Å². The summed E-state index contributed by atoms with van der Waals surface area (Å²) in [5, 5.41) is 0. The van der Waals surface area contributed by atoms with Gasteiger partial charge in [0.05, 0.1) is 28.4 Å². The molecule has 0 amide bonds.